The van der Waals surface area contributed by atoms with E-state index in [4.69, 9.17) is 16.3 Å². The van der Waals surface area contributed by atoms with E-state index >= 15 is 0 Å². The lowest BCUT2D eigenvalue weighted by Crippen LogP contribution is -2.18. The van der Waals surface area contributed by atoms with Crippen molar-refractivity contribution in [2.45, 2.75) is 6.54 Å². The van der Waals surface area contributed by atoms with Crippen LogP contribution in [0.4, 0.5) is 11.6 Å². The van der Waals surface area contributed by atoms with Crippen molar-refractivity contribution in [2.24, 2.45) is 0 Å². The van der Waals surface area contributed by atoms with Gasteiger partial charge < -0.3 is 24.9 Å². The highest BCUT2D eigenvalue weighted by Gasteiger charge is 2.10. The minimum Gasteiger partial charge on any atom is -0.457 e. The number of rotatable bonds is 8. The molecular formula is C26H22ClN7O2. The van der Waals surface area contributed by atoms with Gasteiger partial charge in [0.2, 0.25) is 5.95 Å². The predicted molar refractivity (Wildman–Crippen MR) is 140 cm³/mol. The molecule has 0 saturated carbocycles. The number of imidazole rings is 2. The van der Waals surface area contributed by atoms with Crippen LogP contribution in [0, 0.1) is 0 Å². The molecule has 5 aromatic rings. The van der Waals surface area contributed by atoms with Gasteiger partial charge in [0.25, 0.3) is 5.91 Å². The maximum Gasteiger partial charge on any atom is 0.269 e. The number of nitrogens with zero attached hydrogens (tertiary/aromatic N) is 4. The van der Waals surface area contributed by atoms with E-state index in [1.165, 1.54) is 6.20 Å². The third kappa shape index (κ3) is 4.91. The molecule has 5 rings (SSSR count). The van der Waals surface area contributed by atoms with Crippen LogP contribution in [0.2, 0.25) is 5.02 Å². The van der Waals surface area contributed by atoms with E-state index in [2.05, 4.69) is 37.1 Å². The molecule has 1 amide bonds. The molecule has 0 radical (unpaired) electrons. The number of H-pyrrole nitrogens is 1. The normalized spacial score (nSPS) is 10.8. The summed E-state index contributed by atoms with van der Waals surface area (Å²) in [6, 6.07) is 14.5. The lowest BCUT2D eigenvalue weighted by molar-refractivity contribution is 0.0958. The zero-order valence-electron chi connectivity index (χ0n) is 19.3. The molecule has 10 heteroatoms. The number of pyridine rings is 1. The summed E-state index contributed by atoms with van der Waals surface area (Å²) in [6.45, 7) is 4.36. The first kappa shape index (κ1) is 23.1. The monoisotopic (exact) mass is 499 g/mol. The molecule has 0 aliphatic heterocycles. The summed E-state index contributed by atoms with van der Waals surface area (Å²) in [5.74, 6) is 2.16. The van der Waals surface area contributed by atoms with E-state index in [-0.39, 0.29) is 11.6 Å². The number of carbonyl (C=O) groups is 1. The predicted octanol–water partition coefficient (Wildman–Crippen LogP) is 5.39. The first-order valence-electron chi connectivity index (χ1n) is 11.1. The van der Waals surface area contributed by atoms with Gasteiger partial charge in [0.1, 0.15) is 23.0 Å². The molecule has 0 spiro atoms. The molecule has 0 aliphatic rings. The number of hydrogen-bond acceptors (Lipinski definition) is 6. The molecule has 180 valence electrons. The molecular weight excluding hydrogens is 478 g/mol. The van der Waals surface area contributed by atoms with Crippen LogP contribution in [0.3, 0.4) is 0 Å². The van der Waals surface area contributed by atoms with Gasteiger partial charge in [0.05, 0.1) is 17.6 Å². The van der Waals surface area contributed by atoms with Crippen LogP contribution in [-0.2, 0) is 6.54 Å². The number of hydrogen-bond donors (Lipinski definition) is 3. The number of aromatic amines is 1. The highest BCUT2D eigenvalue weighted by atomic mass is 35.5. The topological polar surface area (TPSA) is 110 Å². The van der Waals surface area contributed by atoms with Crippen molar-refractivity contribution in [1.82, 2.24) is 29.8 Å². The molecule has 36 heavy (non-hydrogen) atoms. The zero-order valence-corrected chi connectivity index (χ0v) is 20.1. The molecule has 3 N–H and O–H groups in total. The van der Waals surface area contributed by atoms with Crippen molar-refractivity contribution >= 4 is 46.3 Å². The Balaban J connectivity index is 1.34. The number of amides is 1. The third-order valence-electron chi connectivity index (χ3n) is 5.46. The van der Waals surface area contributed by atoms with Gasteiger partial charge in [-0.05, 0) is 48.0 Å². The van der Waals surface area contributed by atoms with Crippen LogP contribution in [0.25, 0.3) is 17.1 Å². The standard InChI is InChI=1S/C26H22ClN7O2/c1-3-24-30-10-11-34(24)15-16-12-17(4-6-20(16)27)31-26-32-21-7-5-18(13-22(21)33-26)36-19-8-9-29-23(14-19)25(35)28-2/h3-14H,1,15H2,2H3,(H,28,35)(H2,31,32,33). The van der Waals surface area contributed by atoms with E-state index < -0.39 is 0 Å². The molecule has 9 nitrogen and oxygen atoms in total. The number of halogens is 1. The van der Waals surface area contributed by atoms with Crippen LogP contribution < -0.4 is 15.4 Å². The number of fused-ring (bicyclic) bond motifs is 1. The molecule has 0 aliphatic carbocycles. The number of carbonyl (C=O) groups excluding carboxylic acids is 1. The average molecular weight is 500 g/mol. The van der Waals surface area contributed by atoms with Gasteiger partial charge in [0.15, 0.2) is 0 Å². The lowest BCUT2D eigenvalue weighted by atomic mass is 10.2. The van der Waals surface area contributed by atoms with Gasteiger partial charge in [0, 0.05) is 48.5 Å². The molecule has 3 heterocycles. The number of ether oxygens (including phenoxy) is 1. The van der Waals surface area contributed by atoms with Crippen LogP contribution >= 0.6 is 11.6 Å². The average Bonchev–Trinajstić information content (AvgIpc) is 3.51. The van der Waals surface area contributed by atoms with E-state index in [1.54, 1.807) is 31.5 Å². The Morgan fingerprint density at radius 3 is 2.83 bits per heavy atom. The summed E-state index contributed by atoms with van der Waals surface area (Å²) in [6.07, 6.45) is 6.85. The summed E-state index contributed by atoms with van der Waals surface area (Å²) < 4.78 is 7.90. The number of benzene rings is 2. The molecule has 0 saturated heterocycles. The number of aromatic nitrogens is 5. The zero-order chi connectivity index (χ0) is 25.1. The summed E-state index contributed by atoms with van der Waals surface area (Å²) in [4.78, 5) is 28.0. The molecule has 0 unspecified atom stereocenters. The van der Waals surface area contributed by atoms with Gasteiger partial charge in [-0.15, -0.1) is 0 Å². The molecule has 0 fully saturated rings. The number of anilines is 2. The van der Waals surface area contributed by atoms with E-state index in [1.807, 2.05) is 47.2 Å². The second-order valence-electron chi connectivity index (χ2n) is 7.87. The Hall–Kier alpha value is -4.63. The van der Waals surface area contributed by atoms with Gasteiger partial charge >= 0.3 is 0 Å². The SMILES string of the molecule is C=Cc1nccn1Cc1cc(Nc2nc3cc(Oc4ccnc(C(=O)NC)c4)ccc3[nH]2)ccc1Cl. The molecule has 2 aromatic carbocycles. The molecule has 0 bridgehead atoms. The summed E-state index contributed by atoms with van der Waals surface area (Å²) >= 11 is 6.44. The Morgan fingerprint density at radius 1 is 1.14 bits per heavy atom. The van der Waals surface area contributed by atoms with Crippen LogP contribution in [0.15, 0.2) is 73.7 Å². The lowest BCUT2D eigenvalue weighted by Gasteiger charge is -2.10. The van der Waals surface area contributed by atoms with Crippen molar-refractivity contribution in [3.8, 4) is 11.5 Å². The fraction of sp³-hybridized carbons (Fsp3) is 0.0769. The fourth-order valence-corrected chi connectivity index (χ4v) is 3.89. The van der Waals surface area contributed by atoms with Crippen LogP contribution in [0.1, 0.15) is 21.9 Å². The van der Waals surface area contributed by atoms with Crippen molar-refractivity contribution in [2.75, 3.05) is 12.4 Å². The fourth-order valence-electron chi connectivity index (χ4n) is 3.71. The van der Waals surface area contributed by atoms with Crippen molar-refractivity contribution in [3.63, 3.8) is 0 Å². The molecule has 3 aromatic heterocycles. The van der Waals surface area contributed by atoms with Crippen LogP contribution in [-0.4, -0.2) is 37.5 Å². The van der Waals surface area contributed by atoms with Gasteiger partial charge in [-0.25, -0.2) is 9.97 Å². The Kier molecular flexibility index (Phi) is 6.38. The first-order valence-corrected chi connectivity index (χ1v) is 11.4. The van der Waals surface area contributed by atoms with E-state index in [0.717, 1.165) is 28.1 Å². The van der Waals surface area contributed by atoms with E-state index in [9.17, 15) is 4.79 Å². The minimum absolute atomic E-state index is 0.276. The second kappa shape index (κ2) is 9.93. The number of nitrogens with one attached hydrogen (secondary N) is 3. The van der Waals surface area contributed by atoms with Gasteiger partial charge in [-0.1, -0.05) is 18.2 Å². The second-order valence-corrected chi connectivity index (χ2v) is 8.28. The maximum atomic E-state index is 11.8. The summed E-state index contributed by atoms with van der Waals surface area (Å²) in [5, 5.41) is 6.51. The Labute approximate surface area is 211 Å². The molecule has 0 atom stereocenters. The van der Waals surface area contributed by atoms with Crippen molar-refractivity contribution in [1.29, 1.82) is 0 Å². The van der Waals surface area contributed by atoms with Crippen molar-refractivity contribution in [3.05, 3.63) is 95.8 Å². The smallest absolute Gasteiger partial charge is 0.269 e. The highest BCUT2D eigenvalue weighted by Crippen LogP contribution is 2.28. The largest absolute Gasteiger partial charge is 0.457 e. The Bertz CT molecular complexity index is 1570. The third-order valence-corrected chi connectivity index (χ3v) is 5.83. The Morgan fingerprint density at radius 2 is 2.00 bits per heavy atom. The van der Waals surface area contributed by atoms with Crippen molar-refractivity contribution < 1.29 is 9.53 Å². The highest BCUT2D eigenvalue weighted by molar-refractivity contribution is 6.31. The maximum absolute atomic E-state index is 11.8. The first-order chi connectivity index (χ1) is 17.5. The minimum atomic E-state index is -0.282. The summed E-state index contributed by atoms with van der Waals surface area (Å²) in [7, 11) is 1.55. The van der Waals surface area contributed by atoms with Gasteiger partial charge in [-0.3, -0.25) is 9.78 Å². The van der Waals surface area contributed by atoms with Gasteiger partial charge in [-0.2, -0.15) is 0 Å². The quantitative estimate of drug-likeness (QED) is 0.264. The van der Waals surface area contributed by atoms with Crippen LogP contribution in [0.5, 0.6) is 11.5 Å². The summed E-state index contributed by atoms with van der Waals surface area (Å²) in [5.41, 5.74) is 3.61. The van der Waals surface area contributed by atoms with E-state index in [0.29, 0.717) is 29.0 Å².